The summed E-state index contributed by atoms with van der Waals surface area (Å²) in [5.41, 5.74) is 0. The number of hydrogen-bond donors (Lipinski definition) is 0. The van der Waals surface area contributed by atoms with Crippen molar-refractivity contribution in [2.45, 2.75) is 18.9 Å². The SMILES string of the molecule is COc1ccc(OCCN2CCN(C(=O)C3CCCO3)CC2)cc1. The highest BCUT2D eigenvalue weighted by molar-refractivity contribution is 5.81. The predicted octanol–water partition coefficient (Wildman–Crippen LogP) is 1.40. The smallest absolute Gasteiger partial charge is 0.251 e. The number of piperazine rings is 1. The topological polar surface area (TPSA) is 51.2 Å². The van der Waals surface area contributed by atoms with E-state index in [1.165, 1.54) is 0 Å². The zero-order valence-corrected chi connectivity index (χ0v) is 14.3. The molecule has 1 unspecified atom stereocenters. The molecule has 1 aromatic rings. The van der Waals surface area contributed by atoms with E-state index in [9.17, 15) is 4.79 Å². The van der Waals surface area contributed by atoms with Crippen LogP contribution in [0.4, 0.5) is 0 Å². The van der Waals surface area contributed by atoms with E-state index in [0.717, 1.165) is 63.7 Å². The first-order valence-corrected chi connectivity index (χ1v) is 8.66. The van der Waals surface area contributed by atoms with Gasteiger partial charge in [0.15, 0.2) is 0 Å². The van der Waals surface area contributed by atoms with Gasteiger partial charge in [-0.1, -0.05) is 0 Å². The Labute approximate surface area is 143 Å². The fourth-order valence-electron chi connectivity index (χ4n) is 3.13. The third-order valence-corrected chi connectivity index (χ3v) is 4.62. The maximum atomic E-state index is 12.3. The molecule has 6 heteroatoms. The molecule has 0 radical (unpaired) electrons. The zero-order valence-electron chi connectivity index (χ0n) is 14.3. The van der Waals surface area contributed by atoms with E-state index in [0.29, 0.717) is 6.61 Å². The van der Waals surface area contributed by atoms with Crippen LogP contribution in [0.25, 0.3) is 0 Å². The molecule has 0 N–H and O–H groups in total. The van der Waals surface area contributed by atoms with Crippen molar-refractivity contribution in [1.82, 2.24) is 9.80 Å². The summed E-state index contributed by atoms with van der Waals surface area (Å²) in [7, 11) is 1.65. The van der Waals surface area contributed by atoms with E-state index in [4.69, 9.17) is 14.2 Å². The lowest BCUT2D eigenvalue weighted by atomic mass is 10.2. The summed E-state index contributed by atoms with van der Waals surface area (Å²) in [6.07, 6.45) is 1.67. The monoisotopic (exact) mass is 334 g/mol. The number of ether oxygens (including phenoxy) is 3. The Morgan fingerprint density at radius 2 is 1.88 bits per heavy atom. The maximum absolute atomic E-state index is 12.3. The second kappa shape index (κ2) is 8.35. The van der Waals surface area contributed by atoms with Crippen LogP contribution in [0.1, 0.15) is 12.8 Å². The van der Waals surface area contributed by atoms with Gasteiger partial charge in [-0.15, -0.1) is 0 Å². The van der Waals surface area contributed by atoms with Gasteiger partial charge in [0.2, 0.25) is 0 Å². The summed E-state index contributed by atoms with van der Waals surface area (Å²) < 4.78 is 16.4. The fraction of sp³-hybridized carbons (Fsp3) is 0.611. The van der Waals surface area contributed by atoms with Crippen molar-refractivity contribution in [3.63, 3.8) is 0 Å². The number of rotatable bonds is 6. The molecule has 1 amide bonds. The lowest BCUT2D eigenvalue weighted by Gasteiger charge is -2.35. The molecule has 0 aliphatic carbocycles. The van der Waals surface area contributed by atoms with Crippen molar-refractivity contribution >= 4 is 5.91 Å². The van der Waals surface area contributed by atoms with Gasteiger partial charge in [-0.2, -0.15) is 0 Å². The van der Waals surface area contributed by atoms with Crippen LogP contribution in [0.5, 0.6) is 11.5 Å². The van der Waals surface area contributed by atoms with Gasteiger partial charge in [-0.25, -0.2) is 0 Å². The first kappa shape index (κ1) is 17.0. The lowest BCUT2D eigenvalue weighted by Crippen LogP contribution is -2.52. The van der Waals surface area contributed by atoms with Crippen LogP contribution >= 0.6 is 0 Å². The minimum absolute atomic E-state index is 0.168. The molecule has 2 aliphatic heterocycles. The number of carbonyl (C=O) groups excluding carboxylic acids is 1. The quantitative estimate of drug-likeness (QED) is 0.787. The van der Waals surface area contributed by atoms with Crippen LogP contribution in [0.3, 0.4) is 0 Å². The van der Waals surface area contributed by atoms with Crippen molar-refractivity contribution in [3.05, 3.63) is 24.3 Å². The highest BCUT2D eigenvalue weighted by atomic mass is 16.5. The van der Waals surface area contributed by atoms with Crippen LogP contribution in [0.2, 0.25) is 0 Å². The standard InChI is InChI=1S/C18H26N2O4/c1-22-15-4-6-16(7-5-15)23-14-12-19-8-10-20(11-9-19)18(21)17-3-2-13-24-17/h4-7,17H,2-3,8-14H2,1H3. The molecule has 6 nitrogen and oxygen atoms in total. The fourth-order valence-corrected chi connectivity index (χ4v) is 3.13. The maximum Gasteiger partial charge on any atom is 0.251 e. The summed E-state index contributed by atoms with van der Waals surface area (Å²) >= 11 is 0. The number of benzene rings is 1. The van der Waals surface area contributed by atoms with Gasteiger partial charge < -0.3 is 19.1 Å². The molecule has 1 aromatic carbocycles. The van der Waals surface area contributed by atoms with E-state index in [1.54, 1.807) is 7.11 Å². The van der Waals surface area contributed by atoms with Gasteiger partial charge >= 0.3 is 0 Å². The highest BCUT2D eigenvalue weighted by Crippen LogP contribution is 2.18. The Morgan fingerprint density at radius 3 is 2.50 bits per heavy atom. The molecule has 1 atom stereocenters. The third-order valence-electron chi connectivity index (χ3n) is 4.62. The van der Waals surface area contributed by atoms with Gasteiger partial charge in [0.25, 0.3) is 5.91 Å². The van der Waals surface area contributed by atoms with Crippen LogP contribution < -0.4 is 9.47 Å². The van der Waals surface area contributed by atoms with Gasteiger partial charge in [-0.05, 0) is 37.1 Å². The molecular weight excluding hydrogens is 308 g/mol. The average Bonchev–Trinajstić information content (AvgIpc) is 3.17. The molecule has 3 rings (SSSR count). The summed E-state index contributed by atoms with van der Waals surface area (Å²) in [5.74, 6) is 1.85. The molecule has 0 aromatic heterocycles. The Hall–Kier alpha value is -1.79. The molecule has 0 bridgehead atoms. The molecule has 0 spiro atoms. The zero-order chi connectivity index (χ0) is 16.8. The van der Waals surface area contributed by atoms with Gasteiger partial charge in [0.05, 0.1) is 7.11 Å². The highest BCUT2D eigenvalue weighted by Gasteiger charge is 2.30. The second-order valence-corrected chi connectivity index (χ2v) is 6.19. The second-order valence-electron chi connectivity index (χ2n) is 6.19. The van der Waals surface area contributed by atoms with E-state index in [2.05, 4.69) is 4.90 Å². The molecule has 0 saturated carbocycles. The first-order chi connectivity index (χ1) is 11.8. The molecule has 24 heavy (non-hydrogen) atoms. The van der Waals surface area contributed by atoms with Crippen molar-refractivity contribution in [2.24, 2.45) is 0 Å². The molecule has 132 valence electrons. The number of amides is 1. The average molecular weight is 334 g/mol. The van der Waals surface area contributed by atoms with Crippen molar-refractivity contribution in [3.8, 4) is 11.5 Å². The molecule has 2 heterocycles. The van der Waals surface area contributed by atoms with Gasteiger partial charge in [0, 0.05) is 39.3 Å². The van der Waals surface area contributed by atoms with Crippen LogP contribution in [0.15, 0.2) is 24.3 Å². The minimum atomic E-state index is -0.199. The summed E-state index contributed by atoms with van der Waals surface area (Å²) in [6.45, 7) is 5.58. The Balaban J connectivity index is 1.35. The van der Waals surface area contributed by atoms with E-state index >= 15 is 0 Å². The van der Waals surface area contributed by atoms with Crippen molar-refractivity contribution < 1.29 is 19.0 Å². The number of carbonyl (C=O) groups is 1. The van der Waals surface area contributed by atoms with Crippen LogP contribution in [0, 0.1) is 0 Å². The molecular formula is C18H26N2O4. The van der Waals surface area contributed by atoms with Crippen molar-refractivity contribution in [2.75, 3.05) is 53.0 Å². The van der Waals surface area contributed by atoms with Gasteiger partial charge in [0.1, 0.15) is 24.2 Å². The predicted molar refractivity (Wildman–Crippen MR) is 90.5 cm³/mol. The summed E-state index contributed by atoms with van der Waals surface area (Å²) in [5, 5.41) is 0. The number of methoxy groups -OCH3 is 1. The first-order valence-electron chi connectivity index (χ1n) is 8.66. The van der Waals surface area contributed by atoms with Crippen LogP contribution in [-0.4, -0.2) is 74.9 Å². The van der Waals surface area contributed by atoms with Crippen LogP contribution in [-0.2, 0) is 9.53 Å². The number of hydrogen-bond acceptors (Lipinski definition) is 5. The largest absolute Gasteiger partial charge is 0.497 e. The van der Waals surface area contributed by atoms with E-state index < -0.39 is 0 Å². The van der Waals surface area contributed by atoms with E-state index in [-0.39, 0.29) is 12.0 Å². The number of nitrogens with zero attached hydrogens (tertiary/aromatic N) is 2. The lowest BCUT2D eigenvalue weighted by molar-refractivity contribution is -0.142. The Bertz CT molecular complexity index is 520. The summed E-state index contributed by atoms with van der Waals surface area (Å²) in [6, 6.07) is 7.61. The minimum Gasteiger partial charge on any atom is -0.497 e. The normalized spacial score (nSPS) is 21.7. The van der Waals surface area contributed by atoms with Crippen molar-refractivity contribution in [1.29, 1.82) is 0 Å². The molecule has 2 fully saturated rings. The van der Waals surface area contributed by atoms with Gasteiger partial charge in [-0.3, -0.25) is 9.69 Å². The molecule has 2 aliphatic rings. The Morgan fingerprint density at radius 1 is 1.17 bits per heavy atom. The third kappa shape index (κ3) is 4.39. The Kier molecular flexibility index (Phi) is 5.93. The summed E-state index contributed by atoms with van der Waals surface area (Å²) in [4.78, 5) is 16.6. The molecule has 2 saturated heterocycles. The van der Waals surface area contributed by atoms with E-state index in [1.807, 2.05) is 29.2 Å².